The molecule has 4 rings (SSSR count). The van der Waals surface area contributed by atoms with E-state index in [0.717, 1.165) is 17.4 Å². The predicted octanol–water partition coefficient (Wildman–Crippen LogP) is 6.72. The summed E-state index contributed by atoms with van der Waals surface area (Å²) in [5.41, 5.74) is 1.71. The number of rotatable bonds is 8. The summed E-state index contributed by atoms with van der Waals surface area (Å²) in [6.45, 7) is 2.62. The number of nitrogens with zero attached hydrogens (tertiary/aromatic N) is 2. The summed E-state index contributed by atoms with van der Waals surface area (Å²) in [5.74, 6) is 0.464. The van der Waals surface area contributed by atoms with Gasteiger partial charge in [0.15, 0.2) is 0 Å². The van der Waals surface area contributed by atoms with Gasteiger partial charge in [0, 0.05) is 18.3 Å². The molecule has 0 saturated carbocycles. The average molecular weight is 485 g/mol. The summed E-state index contributed by atoms with van der Waals surface area (Å²) >= 11 is 0. The summed E-state index contributed by atoms with van der Waals surface area (Å²) in [6, 6.07) is 17.1. The Morgan fingerprint density at radius 2 is 1.77 bits per heavy atom. The van der Waals surface area contributed by atoms with Gasteiger partial charge in [0.05, 0.1) is 30.7 Å². The quantitative estimate of drug-likeness (QED) is 0.282. The molecular weight excluding hydrogens is 462 g/mol. The van der Waals surface area contributed by atoms with Crippen LogP contribution < -0.4 is 14.8 Å². The van der Waals surface area contributed by atoms with Crippen LogP contribution in [-0.4, -0.2) is 23.3 Å². The second kappa shape index (κ2) is 10.1. The van der Waals surface area contributed by atoms with Gasteiger partial charge in [-0.25, -0.2) is 9.37 Å². The molecule has 35 heavy (non-hydrogen) atoms. The highest BCUT2D eigenvalue weighted by molar-refractivity contribution is 5.63. The van der Waals surface area contributed by atoms with E-state index in [1.54, 1.807) is 22.9 Å². The number of benzene rings is 3. The fourth-order valence-electron chi connectivity index (χ4n) is 3.62. The maximum Gasteiger partial charge on any atom is 0.419 e. The Hall–Kier alpha value is -4.01. The van der Waals surface area contributed by atoms with Crippen molar-refractivity contribution in [3.05, 3.63) is 89.9 Å². The molecular formula is C26H23F4N3O2. The fraction of sp³-hybridized carbons (Fsp3) is 0.192. The molecule has 1 heterocycles. The Morgan fingerprint density at radius 3 is 2.43 bits per heavy atom. The molecule has 0 aliphatic carbocycles. The Labute approximate surface area is 200 Å². The number of alkyl halides is 3. The van der Waals surface area contributed by atoms with Gasteiger partial charge in [0.25, 0.3) is 0 Å². The largest absolute Gasteiger partial charge is 0.496 e. The minimum atomic E-state index is -4.52. The Kier molecular flexibility index (Phi) is 6.95. The number of ether oxygens (including phenoxy) is 2. The van der Waals surface area contributed by atoms with E-state index in [0.29, 0.717) is 29.5 Å². The van der Waals surface area contributed by atoms with E-state index in [-0.39, 0.29) is 12.3 Å². The van der Waals surface area contributed by atoms with Crippen LogP contribution in [0.2, 0.25) is 0 Å². The van der Waals surface area contributed by atoms with Gasteiger partial charge < -0.3 is 14.8 Å². The van der Waals surface area contributed by atoms with Crippen molar-refractivity contribution < 1.29 is 27.0 Å². The van der Waals surface area contributed by atoms with Crippen LogP contribution >= 0.6 is 0 Å². The lowest BCUT2D eigenvalue weighted by Gasteiger charge is -2.14. The zero-order chi connectivity index (χ0) is 25.0. The van der Waals surface area contributed by atoms with Gasteiger partial charge in [0.2, 0.25) is 5.95 Å². The molecule has 0 bridgehead atoms. The molecule has 182 valence electrons. The highest BCUT2D eigenvalue weighted by Crippen LogP contribution is 2.36. The molecule has 0 unspecified atom stereocenters. The first-order valence-corrected chi connectivity index (χ1v) is 10.8. The van der Waals surface area contributed by atoms with Gasteiger partial charge in [0.1, 0.15) is 17.3 Å². The summed E-state index contributed by atoms with van der Waals surface area (Å²) in [4.78, 5) is 4.65. The normalized spacial score (nSPS) is 11.4. The van der Waals surface area contributed by atoms with E-state index in [4.69, 9.17) is 9.47 Å². The first-order chi connectivity index (χ1) is 16.8. The van der Waals surface area contributed by atoms with E-state index in [2.05, 4.69) is 10.3 Å². The highest BCUT2D eigenvalue weighted by Gasteiger charge is 2.34. The lowest BCUT2D eigenvalue weighted by molar-refractivity contribution is -0.138. The second-order valence-corrected chi connectivity index (χ2v) is 7.64. The molecule has 0 saturated heterocycles. The average Bonchev–Trinajstić information content (AvgIpc) is 3.27. The van der Waals surface area contributed by atoms with Gasteiger partial charge in [-0.05, 0) is 67.1 Å². The van der Waals surface area contributed by atoms with Crippen LogP contribution in [0.1, 0.15) is 18.1 Å². The van der Waals surface area contributed by atoms with E-state index in [1.807, 2.05) is 31.2 Å². The zero-order valence-electron chi connectivity index (χ0n) is 19.1. The van der Waals surface area contributed by atoms with E-state index >= 15 is 0 Å². The van der Waals surface area contributed by atoms with E-state index < -0.39 is 17.6 Å². The van der Waals surface area contributed by atoms with Crippen molar-refractivity contribution in [3.8, 4) is 28.4 Å². The zero-order valence-corrected chi connectivity index (χ0v) is 19.1. The topological polar surface area (TPSA) is 48.3 Å². The predicted molar refractivity (Wildman–Crippen MR) is 125 cm³/mol. The number of hydrogen-bond acceptors (Lipinski definition) is 4. The monoisotopic (exact) mass is 485 g/mol. The molecule has 0 fully saturated rings. The number of hydrogen-bond donors (Lipinski definition) is 1. The van der Waals surface area contributed by atoms with Crippen LogP contribution in [0.3, 0.4) is 0 Å². The molecule has 5 nitrogen and oxygen atoms in total. The van der Waals surface area contributed by atoms with Crippen LogP contribution in [0.15, 0.2) is 72.9 Å². The number of methoxy groups -OCH3 is 1. The first-order valence-electron chi connectivity index (χ1n) is 10.8. The molecule has 1 N–H and O–H groups in total. The number of anilines is 1. The molecule has 0 spiro atoms. The Morgan fingerprint density at radius 1 is 1.00 bits per heavy atom. The molecule has 9 heteroatoms. The van der Waals surface area contributed by atoms with Crippen LogP contribution in [0.5, 0.6) is 11.5 Å². The SMILES string of the molecule is CCOc1ccc(-c2cn(-c3cccc(F)c3)c(NCc3ccc(C(F)(F)F)c(OC)c3)n2)cc1. The maximum atomic E-state index is 13.9. The standard InChI is InChI=1S/C26H23F4N3O2/c1-3-35-21-10-8-18(9-11-21)23-16-33(20-6-4-5-19(27)14-20)25(32-23)31-15-17-7-12-22(26(28,29)30)24(13-17)34-2/h4-14,16H,3,15H2,1-2H3,(H,31,32). The minimum absolute atomic E-state index is 0.170. The van der Waals surface area contributed by atoms with Crippen molar-refractivity contribution in [1.82, 2.24) is 9.55 Å². The molecule has 0 radical (unpaired) electrons. The number of nitrogens with one attached hydrogen (secondary N) is 1. The Bertz CT molecular complexity index is 1300. The smallest absolute Gasteiger partial charge is 0.419 e. The van der Waals surface area contributed by atoms with Crippen LogP contribution in [0.4, 0.5) is 23.5 Å². The van der Waals surface area contributed by atoms with Crippen molar-refractivity contribution in [2.45, 2.75) is 19.6 Å². The highest BCUT2D eigenvalue weighted by atomic mass is 19.4. The van der Waals surface area contributed by atoms with Gasteiger partial charge in [-0.3, -0.25) is 4.57 Å². The molecule has 1 aromatic heterocycles. The lowest BCUT2D eigenvalue weighted by atomic mass is 10.1. The van der Waals surface area contributed by atoms with Crippen LogP contribution in [-0.2, 0) is 12.7 Å². The third-order valence-corrected chi connectivity index (χ3v) is 5.28. The third kappa shape index (κ3) is 5.56. The van der Waals surface area contributed by atoms with Crippen molar-refractivity contribution in [2.24, 2.45) is 0 Å². The Balaban J connectivity index is 1.65. The summed E-state index contributed by atoms with van der Waals surface area (Å²) in [7, 11) is 1.20. The fourth-order valence-corrected chi connectivity index (χ4v) is 3.62. The van der Waals surface area contributed by atoms with E-state index in [9.17, 15) is 17.6 Å². The molecule has 0 aliphatic rings. The number of imidazole rings is 1. The maximum absolute atomic E-state index is 13.9. The summed E-state index contributed by atoms with van der Waals surface area (Å²) < 4.78 is 65.6. The summed E-state index contributed by atoms with van der Waals surface area (Å²) in [5, 5.41) is 3.15. The second-order valence-electron chi connectivity index (χ2n) is 7.64. The molecule has 0 amide bonds. The lowest BCUT2D eigenvalue weighted by Crippen LogP contribution is -2.10. The van der Waals surface area contributed by atoms with Crippen molar-refractivity contribution in [2.75, 3.05) is 19.0 Å². The molecule has 3 aromatic carbocycles. The minimum Gasteiger partial charge on any atom is -0.496 e. The van der Waals surface area contributed by atoms with E-state index in [1.165, 1.54) is 31.4 Å². The molecule has 0 atom stereocenters. The van der Waals surface area contributed by atoms with Crippen LogP contribution in [0.25, 0.3) is 16.9 Å². The van der Waals surface area contributed by atoms with Gasteiger partial charge in [-0.15, -0.1) is 0 Å². The molecule has 4 aromatic rings. The third-order valence-electron chi connectivity index (χ3n) is 5.28. The van der Waals surface area contributed by atoms with Crippen molar-refractivity contribution >= 4 is 5.95 Å². The van der Waals surface area contributed by atoms with Crippen molar-refractivity contribution in [1.29, 1.82) is 0 Å². The molecule has 0 aliphatic heterocycles. The van der Waals surface area contributed by atoms with Crippen molar-refractivity contribution in [3.63, 3.8) is 0 Å². The number of halogens is 4. The number of aromatic nitrogens is 2. The van der Waals surface area contributed by atoms with Gasteiger partial charge in [-0.2, -0.15) is 13.2 Å². The first kappa shape index (κ1) is 24.1. The van der Waals surface area contributed by atoms with Gasteiger partial charge in [-0.1, -0.05) is 12.1 Å². The summed E-state index contributed by atoms with van der Waals surface area (Å²) in [6.07, 6.45) is -2.75. The van der Waals surface area contributed by atoms with Gasteiger partial charge >= 0.3 is 6.18 Å². The van der Waals surface area contributed by atoms with Crippen LogP contribution in [0, 0.1) is 5.82 Å².